The van der Waals surface area contributed by atoms with Gasteiger partial charge < -0.3 is 0 Å². The molecule has 3 aromatic carbocycles. The van der Waals surface area contributed by atoms with Crippen LogP contribution in [0.25, 0.3) is 30.9 Å². The van der Waals surface area contributed by atoms with Crippen LogP contribution in [0.5, 0.6) is 0 Å². The van der Waals surface area contributed by atoms with Crippen LogP contribution in [0.2, 0.25) is 0 Å². The van der Waals surface area contributed by atoms with Crippen LogP contribution in [0.1, 0.15) is 31.7 Å². The standard InChI is InChI=1S/C20H18S/c1-3-13(2)15-9-10-18-17(12-15)20-16-7-5-4-6-14(16)8-11-19(20)21-18/h4-13H,3H2,1-2H3. The van der Waals surface area contributed by atoms with Crippen molar-refractivity contribution in [1.29, 1.82) is 0 Å². The first kappa shape index (κ1) is 12.8. The Hall–Kier alpha value is -1.86. The van der Waals surface area contributed by atoms with E-state index in [1.807, 2.05) is 11.3 Å². The molecule has 4 rings (SSSR count). The van der Waals surface area contributed by atoms with Crippen LogP contribution in [0.4, 0.5) is 0 Å². The molecule has 0 spiro atoms. The molecule has 21 heavy (non-hydrogen) atoms. The highest BCUT2D eigenvalue weighted by molar-refractivity contribution is 7.26. The number of fused-ring (bicyclic) bond motifs is 5. The molecular weight excluding hydrogens is 272 g/mol. The maximum absolute atomic E-state index is 2.41. The Balaban J connectivity index is 2.14. The van der Waals surface area contributed by atoms with Crippen molar-refractivity contribution < 1.29 is 0 Å². The van der Waals surface area contributed by atoms with E-state index in [-0.39, 0.29) is 0 Å². The molecule has 4 aromatic rings. The van der Waals surface area contributed by atoms with Crippen molar-refractivity contribution in [2.45, 2.75) is 26.2 Å². The molecule has 0 bridgehead atoms. The van der Waals surface area contributed by atoms with E-state index in [1.165, 1.54) is 42.9 Å². The van der Waals surface area contributed by atoms with Crippen molar-refractivity contribution >= 4 is 42.3 Å². The average molecular weight is 290 g/mol. The monoisotopic (exact) mass is 290 g/mol. The van der Waals surface area contributed by atoms with Crippen molar-refractivity contribution in [1.82, 2.24) is 0 Å². The molecule has 0 aliphatic carbocycles. The molecular formula is C20H18S. The van der Waals surface area contributed by atoms with Crippen LogP contribution in [0.15, 0.2) is 54.6 Å². The molecule has 0 amide bonds. The lowest BCUT2D eigenvalue weighted by molar-refractivity contribution is 0.735. The lowest BCUT2D eigenvalue weighted by atomic mass is 9.96. The van der Waals surface area contributed by atoms with Gasteiger partial charge in [0.1, 0.15) is 0 Å². The summed E-state index contributed by atoms with van der Waals surface area (Å²) in [5.41, 5.74) is 1.46. The average Bonchev–Trinajstić information content (AvgIpc) is 2.92. The summed E-state index contributed by atoms with van der Waals surface area (Å²) in [5, 5.41) is 5.56. The van der Waals surface area contributed by atoms with Crippen LogP contribution in [0, 0.1) is 0 Å². The zero-order chi connectivity index (χ0) is 14.4. The normalized spacial score (nSPS) is 13.2. The molecule has 1 aromatic heterocycles. The SMILES string of the molecule is CCC(C)c1ccc2sc3ccc4ccccc4c3c2c1. The van der Waals surface area contributed by atoms with Gasteiger partial charge in [0.2, 0.25) is 0 Å². The second-order valence-electron chi connectivity index (χ2n) is 5.83. The van der Waals surface area contributed by atoms with Gasteiger partial charge in [0.05, 0.1) is 0 Å². The highest BCUT2D eigenvalue weighted by atomic mass is 32.1. The van der Waals surface area contributed by atoms with E-state index in [1.54, 1.807) is 0 Å². The molecule has 0 saturated carbocycles. The molecule has 0 aliphatic rings. The number of hydrogen-bond acceptors (Lipinski definition) is 1. The van der Waals surface area contributed by atoms with Gasteiger partial charge in [-0.3, -0.25) is 0 Å². The Morgan fingerprint density at radius 3 is 2.57 bits per heavy atom. The van der Waals surface area contributed by atoms with Crippen LogP contribution in [-0.4, -0.2) is 0 Å². The van der Waals surface area contributed by atoms with Gasteiger partial charge in [-0.1, -0.05) is 50.2 Å². The first-order valence-electron chi connectivity index (χ1n) is 7.62. The molecule has 0 radical (unpaired) electrons. The minimum Gasteiger partial charge on any atom is -0.135 e. The van der Waals surface area contributed by atoms with E-state index in [2.05, 4.69) is 68.4 Å². The highest BCUT2D eigenvalue weighted by Crippen LogP contribution is 2.39. The van der Waals surface area contributed by atoms with Gasteiger partial charge >= 0.3 is 0 Å². The van der Waals surface area contributed by atoms with Crippen molar-refractivity contribution in [3.05, 3.63) is 60.2 Å². The van der Waals surface area contributed by atoms with E-state index in [0.29, 0.717) is 5.92 Å². The largest absolute Gasteiger partial charge is 0.135 e. The minimum absolute atomic E-state index is 0.624. The van der Waals surface area contributed by atoms with Crippen molar-refractivity contribution in [2.75, 3.05) is 0 Å². The molecule has 0 fully saturated rings. The van der Waals surface area contributed by atoms with E-state index in [0.717, 1.165) is 0 Å². The molecule has 0 saturated heterocycles. The van der Waals surface area contributed by atoms with Crippen LogP contribution in [0.3, 0.4) is 0 Å². The fraction of sp³-hybridized carbons (Fsp3) is 0.200. The number of thiophene rings is 1. The van der Waals surface area contributed by atoms with E-state index < -0.39 is 0 Å². The second-order valence-corrected chi connectivity index (χ2v) is 6.91. The minimum atomic E-state index is 0.624. The topological polar surface area (TPSA) is 0 Å². The summed E-state index contributed by atoms with van der Waals surface area (Å²) in [4.78, 5) is 0. The predicted octanol–water partition coefficient (Wildman–Crippen LogP) is 6.72. The summed E-state index contributed by atoms with van der Waals surface area (Å²) in [6, 6.07) is 20.2. The Morgan fingerprint density at radius 1 is 0.905 bits per heavy atom. The lowest BCUT2D eigenvalue weighted by Crippen LogP contribution is -1.89. The van der Waals surface area contributed by atoms with Gasteiger partial charge in [-0.25, -0.2) is 0 Å². The van der Waals surface area contributed by atoms with Crippen LogP contribution >= 0.6 is 11.3 Å². The molecule has 0 nitrogen and oxygen atoms in total. The van der Waals surface area contributed by atoms with Gasteiger partial charge in [0.15, 0.2) is 0 Å². The molecule has 1 heteroatoms. The molecule has 0 N–H and O–H groups in total. The van der Waals surface area contributed by atoms with E-state index >= 15 is 0 Å². The number of rotatable bonds is 2. The Labute approximate surface area is 129 Å². The summed E-state index contributed by atoms with van der Waals surface area (Å²) in [5.74, 6) is 0.624. The molecule has 104 valence electrons. The number of hydrogen-bond donors (Lipinski definition) is 0. The molecule has 1 atom stereocenters. The summed E-state index contributed by atoms with van der Waals surface area (Å²) in [6.07, 6.45) is 1.19. The third-order valence-electron chi connectivity index (χ3n) is 4.57. The third kappa shape index (κ3) is 1.96. The Morgan fingerprint density at radius 2 is 1.71 bits per heavy atom. The quantitative estimate of drug-likeness (QED) is 0.384. The zero-order valence-corrected chi connectivity index (χ0v) is 13.2. The second kappa shape index (κ2) is 4.85. The smallest absolute Gasteiger partial charge is 0.0361 e. The van der Waals surface area contributed by atoms with Crippen LogP contribution < -0.4 is 0 Å². The van der Waals surface area contributed by atoms with Gasteiger partial charge in [-0.2, -0.15) is 0 Å². The van der Waals surface area contributed by atoms with Gasteiger partial charge in [-0.05, 0) is 46.9 Å². The third-order valence-corrected chi connectivity index (χ3v) is 5.70. The maximum atomic E-state index is 2.41. The molecule has 1 unspecified atom stereocenters. The predicted molar refractivity (Wildman–Crippen MR) is 95.5 cm³/mol. The summed E-state index contributed by atoms with van der Waals surface area (Å²) in [6.45, 7) is 4.57. The van der Waals surface area contributed by atoms with Crippen molar-refractivity contribution in [2.24, 2.45) is 0 Å². The van der Waals surface area contributed by atoms with Crippen LogP contribution in [-0.2, 0) is 0 Å². The lowest BCUT2D eigenvalue weighted by Gasteiger charge is -2.09. The first-order valence-corrected chi connectivity index (χ1v) is 8.43. The fourth-order valence-corrected chi connectivity index (χ4v) is 4.21. The number of benzene rings is 3. The fourth-order valence-electron chi connectivity index (χ4n) is 3.11. The summed E-state index contributed by atoms with van der Waals surface area (Å²) in [7, 11) is 0. The molecule has 0 aliphatic heterocycles. The summed E-state index contributed by atoms with van der Waals surface area (Å²) >= 11 is 1.90. The van der Waals surface area contributed by atoms with Gasteiger partial charge in [-0.15, -0.1) is 11.3 Å². The van der Waals surface area contributed by atoms with E-state index in [9.17, 15) is 0 Å². The first-order chi connectivity index (χ1) is 10.3. The Bertz CT molecular complexity index is 946. The summed E-state index contributed by atoms with van der Waals surface area (Å²) < 4.78 is 2.79. The zero-order valence-electron chi connectivity index (χ0n) is 12.4. The maximum Gasteiger partial charge on any atom is 0.0361 e. The van der Waals surface area contributed by atoms with Gasteiger partial charge in [0.25, 0.3) is 0 Å². The van der Waals surface area contributed by atoms with Crippen molar-refractivity contribution in [3.63, 3.8) is 0 Å². The Kier molecular flexibility index (Phi) is 2.97. The van der Waals surface area contributed by atoms with Gasteiger partial charge in [0, 0.05) is 20.2 Å². The van der Waals surface area contributed by atoms with E-state index in [4.69, 9.17) is 0 Å². The van der Waals surface area contributed by atoms with Crippen molar-refractivity contribution in [3.8, 4) is 0 Å². The molecule has 1 heterocycles. The highest BCUT2D eigenvalue weighted by Gasteiger charge is 2.11.